The van der Waals surface area contributed by atoms with Gasteiger partial charge in [-0.05, 0) is 44.7 Å². The number of nitrogens with zero attached hydrogens (tertiary/aromatic N) is 2. The van der Waals surface area contributed by atoms with E-state index < -0.39 is 0 Å². The lowest BCUT2D eigenvalue weighted by Gasteiger charge is -2.11. The normalized spacial score (nSPS) is 14.8. The van der Waals surface area contributed by atoms with Crippen LogP contribution in [0.2, 0.25) is 0 Å². The zero-order chi connectivity index (χ0) is 14.3. The molecule has 1 heterocycles. The van der Waals surface area contributed by atoms with Crippen LogP contribution in [0.25, 0.3) is 11.3 Å². The molecule has 0 amide bonds. The van der Waals surface area contributed by atoms with E-state index in [2.05, 4.69) is 44.4 Å². The second-order valence-corrected chi connectivity index (χ2v) is 6.11. The maximum absolute atomic E-state index is 4.71. The Labute approximate surface area is 121 Å². The van der Waals surface area contributed by atoms with E-state index in [1.165, 1.54) is 40.7 Å². The van der Waals surface area contributed by atoms with Crippen LogP contribution in [0, 0.1) is 20.8 Å². The monoisotopic (exact) mass is 269 g/mol. The molecule has 1 aliphatic rings. The highest BCUT2D eigenvalue weighted by Crippen LogP contribution is 2.30. The fourth-order valence-corrected chi connectivity index (χ4v) is 2.97. The third kappa shape index (κ3) is 2.63. The molecule has 1 aromatic heterocycles. The van der Waals surface area contributed by atoms with Gasteiger partial charge >= 0.3 is 0 Å². The number of nitrogens with one attached hydrogen (secondary N) is 1. The number of aryl methyl sites for hydroxylation is 4. The zero-order valence-corrected chi connectivity index (χ0v) is 12.8. The molecular weight excluding hydrogens is 246 g/mol. The van der Waals surface area contributed by atoms with Crippen LogP contribution in [0.15, 0.2) is 18.3 Å². The maximum atomic E-state index is 4.71. The quantitative estimate of drug-likeness (QED) is 0.923. The minimum atomic E-state index is 0.725. The van der Waals surface area contributed by atoms with Crippen molar-refractivity contribution in [1.82, 2.24) is 15.1 Å². The molecule has 0 radical (unpaired) electrons. The van der Waals surface area contributed by atoms with Crippen molar-refractivity contribution in [2.75, 3.05) is 0 Å². The Balaban J connectivity index is 2.00. The van der Waals surface area contributed by atoms with Gasteiger partial charge in [-0.15, -0.1) is 0 Å². The highest BCUT2D eigenvalue weighted by Gasteiger charge is 2.22. The number of hydrogen-bond acceptors (Lipinski definition) is 2. The van der Waals surface area contributed by atoms with Gasteiger partial charge in [-0.2, -0.15) is 5.10 Å². The molecule has 106 valence electrons. The lowest BCUT2D eigenvalue weighted by Crippen LogP contribution is -2.15. The molecule has 20 heavy (non-hydrogen) atoms. The molecule has 0 spiro atoms. The summed E-state index contributed by atoms with van der Waals surface area (Å²) in [7, 11) is 2.00. The van der Waals surface area contributed by atoms with Crippen molar-refractivity contribution in [3.63, 3.8) is 0 Å². The lowest BCUT2D eigenvalue weighted by atomic mass is 9.95. The molecule has 0 atom stereocenters. The van der Waals surface area contributed by atoms with Gasteiger partial charge in [0.1, 0.15) is 0 Å². The minimum Gasteiger partial charge on any atom is -0.310 e. The van der Waals surface area contributed by atoms with E-state index in [4.69, 9.17) is 5.10 Å². The van der Waals surface area contributed by atoms with Crippen LogP contribution in [0.3, 0.4) is 0 Å². The second kappa shape index (κ2) is 5.06. The molecule has 0 bridgehead atoms. The van der Waals surface area contributed by atoms with Gasteiger partial charge in [-0.1, -0.05) is 17.7 Å². The van der Waals surface area contributed by atoms with Gasteiger partial charge < -0.3 is 5.32 Å². The molecule has 3 nitrogen and oxygen atoms in total. The summed E-state index contributed by atoms with van der Waals surface area (Å²) in [6, 6.07) is 5.22. The van der Waals surface area contributed by atoms with Crippen LogP contribution in [0.5, 0.6) is 0 Å². The Kier molecular flexibility index (Phi) is 3.38. The molecule has 1 fully saturated rings. The number of benzene rings is 1. The van der Waals surface area contributed by atoms with E-state index in [-0.39, 0.29) is 0 Å². The smallest absolute Gasteiger partial charge is 0.0973 e. The first kappa shape index (κ1) is 13.4. The summed E-state index contributed by atoms with van der Waals surface area (Å²) < 4.78 is 1.93. The average molecular weight is 269 g/mol. The van der Waals surface area contributed by atoms with Gasteiger partial charge in [-0.3, -0.25) is 4.68 Å². The molecular formula is C17H23N3. The Bertz CT molecular complexity index is 613. The molecule has 0 saturated heterocycles. The number of rotatable bonds is 4. The molecule has 1 aromatic carbocycles. The second-order valence-electron chi connectivity index (χ2n) is 6.11. The van der Waals surface area contributed by atoms with E-state index in [1.807, 2.05) is 11.7 Å². The zero-order valence-electron chi connectivity index (χ0n) is 12.8. The van der Waals surface area contributed by atoms with Crippen molar-refractivity contribution in [3.8, 4) is 11.3 Å². The van der Waals surface area contributed by atoms with Crippen molar-refractivity contribution < 1.29 is 0 Å². The van der Waals surface area contributed by atoms with Gasteiger partial charge in [0.2, 0.25) is 0 Å². The summed E-state index contributed by atoms with van der Waals surface area (Å²) in [5, 5.41) is 8.30. The van der Waals surface area contributed by atoms with Gasteiger partial charge in [0.25, 0.3) is 0 Å². The van der Waals surface area contributed by atoms with Crippen LogP contribution < -0.4 is 5.32 Å². The maximum Gasteiger partial charge on any atom is 0.0973 e. The molecule has 0 aliphatic heterocycles. The standard InChI is InChI=1S/C17H23N3/c1-11-7-12(2)16(13(3)8-11)17-14(10-20(4)19-17)9-18-15-5-6-15/h7-8,10,15,18H,5-6,9H2,1-4H3. The third-order valence-corrected chi connectivity index (χ3v) is 3.98. The SMILES string of the molecule is Cc1cc(C)c(-c2nn(C)cc2CNC2CC2)c(C)c1. The summed E-state index contributed by atoms with van der Waals surface area (Å²) in [6.45, 7) is 7.43. The van der Waals surface area contributed by atoms with Gasteiger partial charge in [0.15, 0.2) is 0 Å². The first-order valence-corrected chi connectivity index (χ1v) is 7.38. The van der Waals surface area contributed by atoms with Crippen LogP contribution in [0.1, 0.15) is 35.1 Å². The Morgan fingerprint density at radius 1 is 1.20 bits per heavy atom. The van der Waals surface area contributed by atoms with Crippen LogP contribution in [-0.2, 0) is 13.6 Å². The van der Waals surface area contributed by atoms with Crippen molar-refractivity contribution >= 4 is 0 Å². The van der Waals surface area contributed by atoms with E-state index in [0.29, 0.717) is 0 Å². The average Bonchev–Trinajstić information content (AvgIpc) is 3.10. The predicted octanol–water partition coefficient (Wildman–Crippen LogP) is 3.26. The Morgan fingerprint density at radius 3 is 2.45 bits per heavy atom. The molecule has 2 aromatic rings. The summed E-state index contributed by atoms with van der Waals surface area (Å²) in [5.74, 6) is 0. The predicted molar refractivity (Wildman–Crippen MR) is 82.7 cm³/mol. The van der Waals surface area contributed by atoms with E-state index in [1.54, 1.807) is 0 Å². The summed E-state index contributed by atoms with van der Waals surface area (Å²) in [4.78, 5) is 0. The Hall–Kier alpha value is -1.61. The summed E-state index contributed by atoms with van der Waals surface area (Å²) in [5.41, 5.74) is 7.67. The first-order valence-electron chi connectivity index (χ1n) is 7.38. The molecule has 3 rings (SSSR count). The molecule has 0 unspecified atom stereocenters. The van der Waals surface area contributed by atoms with E-state index >= 15 is 0 Å². The fourth-order valence-electron chi connectivity index (χ4n) is 2.97. The van der Waals surface area contributed by atoms with Crippen LogP contribution in [0.4, 0.5) is 0 Å². The minimum absolute atomic E-state index is 0.725. The number of hydrogen-bond donors (Lipinski definition) is 1. The summed E-state index contributed by atoms with van der Waals surface area (Å²) >= 11 is 0. The molecule has 1 aliphatic carbocycles. The largest absolute Gasteiger partial charge is 0.310 e. The van der Waals surface area contributed by atoms with Crippen molar-refractivity contribution in [1.29, 1.82) is 0 Å². The van der Waals surface area contributed by atoms with Gasteiger partial charge in [0.05, 0.1) is 5.69 Å². The highest BCUT2D eigenvalue weighted by molar-refractivity contribution is 5.70. The fraction of sp³-hybridized carbons (Fsp3) is 0.471. The lowest BCUT2D eigenvalue weighted by molar-refractivity contribution is 0.687. The molecule has 3 heteroatoms. The van der Waals surface area contributed by atoms with Crippen LogP contribution >= 0.6 is 0 Å². The van der Waals surface area contributed by atoms with Crippen molar-refractivity contribution in [2.45, 2.75) is 46.2 Å². The van der Waals surface area contributed by atoms with Crippen LogP contribution in [-0.4, -0.2) is 15.8 Å². The van der Waals surface area contributed by atoms with Gasteiger partial charge in [-0.25, -0.2) is 0 Å². The molecule has 1 saturated carbocycles. The number of aromatic nitrogens is 2. The van der Waals surface area contributed by atoms with Crippen molar-refractivity contribution in [3.05, 3.63) is 40.6 Å². The van der Waals surface area contributed by atoms with Crippen molar-refractivity contribution in [2.24, 2.45) is 7.05 Å². The third-order valence-electron chi connectivity index (χ3n) is 3.98. The Morgan fingerprint density at radius 2 is 1.85 bits per heavy atom. The summed E-state index contributed by atoms with van der Waals surface area (Å²) in [6.07, 6.45) is 4.78. The highest BCUT2D eigenvalue weighted by atomic mass is 15.3. The van der Waals surface area contributed by atoms with E-state index in [9.17, 15) is 0 Å². The first-order chi connectivity index (χ1) is 9.54. The van der Waals surface area contributed by atoms with Gasteiger partial charge in [0, 0.05) is 37.0 Å². The van der Waals surface area contributed by atoms with E-state index in [0.717, 1.165) is 18.3 Å². The molecule has 1 N–H and O–H groups in total. The topological polar surface area (TPSA) is 29.9 Å².